The van der Waals surface area contributed by atoms with Crippen molar-refractivity contribution < 1.29 is 9.18 Å². The van der Waals surface area contributed by atoms with Crippen molar-refractivity contribution in [2.45, 2.75) is 12.7 Å². The molecule has 22 heavy (non-hydrogen) atoms. The van der Waals surface area contributed by atoms with Crippen molar-refractivity contribution in [1.29, 1.82) is 0 Å². The summed E-state index contributed by atoms with van der Waals surface area (Å²) < 4.78 is 13.0. The number of carbonyl (C=O) groups is 1. The molecule has 0 aliphatic heterocycles. The normalized spacial score (nSPS) is 10.5. The van der Waals surface area contributed by atoms with Gasteiger partial charge in [-0.2, -0.15) is 0 Å². The third-order valence-electron chi connectivity index (χ3n) is 2.94. The molecular weight excluding hydrogens is 344 g/mol. The van der Waals surface area contributed by atoms with E-state index in [0.29, 0.717) is 21.5 Å². The van der Waals surface area contributed by atoms with Crippen LogP contribution < -0.4 is 5.32 Å². The zero-order valence-corrected chi connectivity index (χ0v) is 14.2. The predicted octanol–water partition coefficient (Wildman–Crippen LogP) is 5.31. The topological polar surface area (TPSA) is 29.1 Å². The van der Waals surface area contributed by atoms with Crippen molar-refractivity contribution in [3.63, 3.8) is 0 Å². The van der Waals surface area contributed by atoms with E-state index < -0.39 is 0 Å². The van der Waals surface area contributed by atoms with Gasteiger partial charge in [-0.25, -0.2) is 4.39 Å². The van der Waals surface area contributed by atoms with E-state index in [1.807, 2.05) is 13.0 Å². The van der Waals surface area contributed by atoms with E-state index in [1.165, 1.54) is 23.9 Å². The maximum absolute atomic E-state index is 13.0. The zero-order valence-electron chi connectivity index (χ0n) is 11.8. The standard InChI is InChI=1S/C16H14Cl2FNOS/c1-10-5-6-13(17)16(15(10)18)20-14(21)9-22-8-11-3-2-4-12(19)7-11/h2-7H,8-9H2,1H3,(H,20,21). The summed E-state index contributed by atoms with van der Waals surface area (Å²) >= 11 is 13.6. The number of anilines is 1. The van der Waals surface area contributed by atoms with Crippen LogP contribution in [-0.4, -0.2) is 11.7 Å². The van der Waals surface area contributed by atoms with Gasteiger partial charge < -0.3 is 5.32 Å². The highest BCUT2D eigenvalue weighted by Gasteiger charge is 2.11. The van der Waals surface area contributed by atoms with Gasteiger partial charge in [0.1, 0.15) is 5.82 Å². The second-order valence-electron chi connectivity index (χ2n) is 4.72. The van der Waals surface area contributed by atoms with Gasteiger partial charge in [0.2, 0.25) is 5.91 Å². The number of aryl methyl sites for hydroxylation is 1. The summed E-state index contributed by atoms with van der Waals surface area (Å²) in [6.07, 6.45) is 0. The van der Waals surface area contributed by atoms with Crippen LogP contribution in [0.2, 0.25) is 10.0 Å². The van der Waals surface area contributed by atoms with Gasteiger partial charge in [-0.1, -0.05) is 41.4 Å². The molecule has 0 bridgehead atoms. The quantitative estimate of drug-likeness (QED) is 0.785. The fourth-order valence-corrected chi connectivity index (χ4v) is 3.08. The Morgan fingerprint density at radius 3 is 2.77 bits per heavy atom. The molecule has 0 aliphatic rings. The van der Waals surface area contributed by atoms with Crippen molar-refractivity contribution in [2.24, 2.45) is 0 Å². The number of halogens is 3. The minimum Gasteiger partial charge on any atom is -0.323 e. The van der Waals surface area contributed by atoms with Gasteiger partial charge in [0.25, 0.3) is 0 Å². The smallest absolute Gasteiger partial charge is 0.234 e. The second kappa shape index (κ2) is 7.86. The Labute approximate surface area is 143 Å². The number of benzene rings is 2. The Kier molecular flexibility index (Phi) is 6.12. The summed E-state index contributed by atoms with van der Waals surface area (Å²) in [5, 5.41) is 3.56. The molecule has 116 valence electrons. The maximum Gasteiger partial charge on any atom is 0.234 e. The van der Waals surface area contributed by atoms with Crippen LogP contribution in [0.4, 0.5) is 10.1 Å². The number of carbonyl (C=O) groups excluding carboxylic acids is 1. The van der Waals surface area contributed by atoms with E-state index >= 15 is 0 Å². The Hall–Kier alpha value is -1.23. The lowest BCUT2D eigenvalue weighted by atomic mass is 10.2. The molecule has 2 aromatic carbocycles. The molecule has 0 aliphatic carbocycles. The molecule has 0 spiro atoms. The van der Waals surface area contributed by atoms with Gasteiger partial charge in [-0.3, -0.25) is 4.79 Å². The van der Waals surface area contributed by atoms with Gasteiger partial charge in [-0.05, 0) is 36.2 Å². The predicted molar refractivity (Wildman–Crippen MR) is 92.4 cm³/mol. The summed E-state index contributed by atoms with van der Waals surface area (Å²) in [5.41, 5.74) is 2.11. The molecule has 0 unspecified atom stereocenters. The highest BCUT2D eigenvalue weighted by molar-refractivity contribution is 7.99. The SMILES string of the molecule is Cc1ccc(Cl)c(NC(=O)CSCc2cccc(F)c2)c1Cl. The first-order chi connectivity index (χ1) is 10.5. The minimum atomic E-state index is -0.277. The number of amides is 1. The molecule has 2 aromatic rings. The van der Waals surface area contributed by atoms with E-state index in [9.17, 15) is 9.18 Å². The van der Waals surface area contributed by atoms with Crippen LogP contribution in [0.1, 0.15) is 11.1 Å². The Bertz CT molecular complexity index is 694. The lowest BCUT2D eigenvalue weighted by Gasteiger charge is -2.11. The molecule has 2 rings (SSSR count). The van der Waals surface area contributed by atoms with Crippen LogP contribution in [0.5, 0.6) is 0 Å². The molecular formula is C16H14Cl2FNOS. The Morgan fingerprint density at radius 2 is 2.05 bits per heavy atom. The molecule has 0 saturated heterocycles. The number of hydrogen-bond acceptors (Lipinski definition) is 2. The molecule has 1 N–H and O–H groups in total. The number of rotatable bonds is 5. The fraction of sp³-hybridized carbons (Fsp3) is 0.188. The average Bonchev–Trinajstić information content (AvgIpc) is 2.48. The Morgan fingerprint density at radius 1 is 1.27 bits per heavy atom. The van der Waals surface area contributed by atoms with Crippen LogP contribution in [0.3, 0.4) is 0 Å². The number of hydrogen-bond donors (Lipinski definition) is 1. The van der Waals surface area contributed by atoms with Crippen molar-refractivity contribution in [2.75, 3.05) is 11.1 Å². The number of thioether (sulfide) groups is 1. The number of nitrogens with one attached hydrogen (secondary N) is 1. The molecule has 0 saturated carbocycles. The molecule has 0 fully saturated rings. The van der Waals surface area contributed by atoms with Gasteiger partial charge >= 0.3 is 0 Å². The van der Waals surface area contributed by atoms with E-state index in [4.69, 9.17) is 23.2 Å². The lowest BCUT2D eigenvalue weighted by molar-refractivity contribution is -0.113. The Balaban J connectivity index is 1.90. The molecule has 6 heteroatoms. The van der Waals surface area contributed by atoms with Crippen LogP contribution >= 0.6 is 35.0 Å². The van der Waals surface area contributed by atoms with Crippen molar-refractivity contribution in [3.05, 3.63) is 63.4 Å². The van der Waals surface area contributed by atoms with Gasteiger partial charge in [0.05, 0.1) is 21.5 Å². The minimum absolute atomic E-state index is 0.198. The van der Waals surface area contributed by atoms with Crippen LogP contribution in [-0.2, 0) is 10.5 Å². The van der Waals surface area contributed by atoms with E-state index in [-0.39, 0.29) is 17.5 Å². The maximum atomic E-state index is 13.0. The molecule has 1 amide bonds. The summed E-state index contributed by atoms with van der Waals surface area (Å²) in [5.74, 6) is 0.314. The first-order valence-electron chi connectivity index (χ1n) is 6.54. The van der Waals surface area contributed by atoms with E-state index in [1.54, 1.807) is 18.2 Å². The summed E-state index contributed by atoms with van der Waals surface area (Å²) in [7, 11) is 0. The van der Waals surface area contributed by atoms with Crippen LogP contribution in [0.15, 0.2) is 36.4 Å². The second-order valence-corrected chi connectivity index (χ2v) is 6.49. The van der Waals surface area contributed by atoms with Crippen LogP contribution in [0, 0.1) is 12.7 Å². The van der Waals surface area contributed by atoms with Crippen molar-refractivity contribution >= 4 is 46.6 Å². The van der Waals surface area contributed by atoms with Gasteiger partial charge in [0, 0.05) is 5.75 Å². The van der Waals surface area contributed by atoms with E-state index in [2.05, 4.69) is 5.32 Å². The van der Waals surface area contributed by atoms with Gasteiger partial charge in [-0.15, -0.1) is 11.8 Å². The van der Waals surface area contributed by atoms with Crippen molar-refractivity contribution in [1.82, 2.24) is 0 Å². The molecule has 0 heterocycles. The summed E-state index contributed by atoms with van der Waals surface area (Å²) in [4.78, 5) is 12.0. The zero-order chi connectivity index (χ0) is 16.1. The molecule has 0 aromatic heterocycles. The van der Waals surface area contributed by atoms with Crippen molar-refractivity contribution in [3.8, 4) is 0 Å². The molecule has 0 atom stereocenters. The average molecular weight is 358 g/mol. The lowest BCUT2D eigenvalue weighted by Crippen LogP contribution is -2.15. The third kappa shape index (κ3) is 4.63. The fourth-order valence-electron chi connectivity index (χ4n) is 1.84. The molecule has 0 radical (unpaired) electrons. The summed E-state index contributed by atoms with van der Waals surface area (Å²) in [6.45, 7) is 1.84. The highest BCUT2D eigenvalue weighted by Crippen LogP contribution is 2.33. The first kappa shape index (κ1) is 17.1. The molecule has 2 nitrogen and oxygen atoms in total. The van der Waals surface area contributed by atoms with Gasteiger partial charge in [0.15, 0.2) is 0 Å². The monoisotopic (exact) mass is 357 g/mol. The van der Waals surface area contributed by atoms with E-state index in [0.717, 1.165) is 11.1 Å². The summed E-state index contributed by atoms with van der Waals surface area (Å²) in [6, 6.07) is 9.80. The first-order valence-corrected chi connectivity index (χ1v) is 8.45. The third-order valence-corrected chi connectivity index (χ3v) is 4.75. The van der Waals surface area contributed by atoms with Crippen LogP contribution in [0.25, 0.3) is 0 Å². The largest absolute Gasteiger partial charge is 0.323 e. The highest BCUT2D eigenvalue weighted by atomic mass is 35.5.